The Morgan fingerprint density at radius 3 is 2.67 bits per heavy atom. The summed E-state index contributed by atoms with van der Waals surface area (Å²) < 4.78 is 31.5. The number of hydrogen-bond donors (Lipinski definition) is 2. The Bertz CT molecular complexity index is 582. The van der Waals surface area contributed by atoms with E-state index in [9.17, 15) is 13.5 Å². The van der Waals surface area contributed by atoms with Crippen LogP contribution < -0.4 is 5.73 Å². The van der Waals surface area contributed by atoms with Crippen LogP contribution in [0.2, 0.25) is 0 Å². The number of ether oxygens (including phenoxy) is 1. The standard InChI is InChI=1S/C14H22N2O4S/c1-16(11-14(17)5-7-20-8-6-14)21(18,19)13-4-2-3-12(9-13)10-15/h2-4,9,17H,5-8,10-11,15H2,1H3. The van der Waals surface area contributed by atoms with Crippen LogP contribution in [0.15, 0.2) is 29.2 Å². The van der Waals surface area contributed by atoms with Crippen LogP contribution in [0.1, 0.15) is 18.4 Å². The molecule has 7 heteroatoms. The third-order valence-electron chi connectivity index (χ3n) is 3.78. The summed E-state index contributed by atoms with van der Waals surface area (Å²) in [5, 5.41) is 10.4. The average molecular weight is 314 g/mol. The minimum Gasteiger partial charge on any atom is -0.388 e. The molecule has 1 saturated heterocycles. The van der Waals surface area contributed by atoms with Gasteiger partial charge in [-0.2, -0.15) is 4.31 Å². The molecule has 0 saturated carbocycles. The lowest BCUT2D eigenvalue weighted by atomic mass is 9.95. The minimum atomic E-state index is -3.63. The van der Waals surface area contributed by atoms with Crippen LogP contribution >= 0.6 is 0 Å². The summed E-state index contributed by atoms with van der Waals surface area (Å²) in [6, 6.07) is 6.57. The van der Waals surface area contributed by atoms with Crippen molar-refractivity contribution in [1.82, 2.24) is 4.31 Å². The SMILES string of the molecule is CN(CC1(O)CCOCC1)S(=O)(=O)c1cccc(CN)c1. The molecule has 1 aromatic rings. The second kappa shape index (κ2) is 6.41. The molecule has 0 spiro atoms. The van der Waals surface area contributed by atoms with E-state index in [1.54, 1.807) is 24.3 Å². The van der Waals surface area contributed by atoms with Gasteiger partial charge in [0, 0.05) is 46.2 Å². The number of nitrogens with two attached hydrogens (primary N) is 1. The first-order chi connectivity index (χ1) is 9.87. The molecule has 0 unspecified atom stereocenters. The van der Waals surface area contributed by atoms with Crippen LogP contribution in [0, 0.1) is 0 Å². The largest absolute Gasteiger partial charge is 0.388 e. The molecule has 2 rings (SSSR count). The van der Waals surface area contributed by atoms with Crippen molar-refractivity contribution in [3.05, 3.63) is 29.8 Å². The molecule has 0 radical (unpaired) electrons. The van der Waals surface area contributed by atoms with Crippen LogP contribution in [-0.4, -0.2) is 50.2 Å². The topological polar surface area (TPSA) is 92.9 Å². The smallest absolute Gasteiger partial charge is 0.242 e. The lowest BCUT2D eigenvalue weighted by molar-refractivity contribution is -0.0689. The fourth-order valence-electron chi connectivity index (χ4n) is 2.42. The highest BCUT2D eigenvalue weighted by Crippen LogP contribution is 2.24. The summed E-state index contributed by atoms with van der Waals surface area (Å²) in [6.07, 6.45) is 0.880. The highest BCUT2D eigenvalue weighted by atomic mass is 32.2. The van der Waals surface area contributed by atoms with Crippen molar-refractivity contribution in [3.8, 4) is 0 Å². The van der Waals surface area contributed by atoms with Gasteiger partial charge in [-0.15, -0.1) is 0 Å². The predicted molar refractivity (Wildman–Crippen MR) is 79.2 cm³/mol. The third-order valence-corrected chi connectivity index (χ3v) is 5.58. The molecule has 1 aliphatic rings. The van der Waals surface area contributed by atoms with Crippen molar-refractivity contribution in [2.75, 3.05) is 26.8 Å². The van der Waals surface area contributed by atoms with E-state index >= 15 is 0 Å². The molecule has 0 aliphatic carbocycles. The van der Waals surface area contributed by atoms with E-state index in [0.29, 0.717) is 26.1 Å². The van der Waals surface area contributed by atoms with Gasteiger partial charge in [-0.1, -0.05) is 12.1 Å². The van der Waals surface area contributed by atoms with Gasteiger partial charge >= 0.3 is 0 Å². The van der Waals surface area contributed by atoms with Gasteiger partial charge in [0.15, 0.2) is 0 Å². The van der Waals surface area contributed by atoms with Crippen molar-refractivity contribution in [2.45, 2.75) is 29.9 Å². The first-order valence-corrected chi connectivity index (χ1v) is 8.37. The van der Waals surface area contributed by atoms with E-state index in [4.69, 9.17) is 10.5 Å². The van der Waals surface area contributed by atoms with Gasteiger partial charge < -0.3 is 15.6 Å². The number of benzene rings is 1. The molecular weight excluding hydrogens is 292 g/mol. The van der Waals surface area contributed by atoms with E-state index in [2.05, 4.69) is 0 Å². The van der Waals surface area contributed by atoms with Crippen LogP contribution in [0.25, 0.3) is 0 Å². The van der Waals surface area contributed by atoms with Crippen molar-refractivity contribution >= 4 is 10.0 Å². The van der Waals surface area contributed by atoms with E-state index in [1.165, 1.54) is 11.4 Å². The summed E-state index contributed by atoms with van der Waals surface area (Å²) in [7, 11) is -2.15. The molecule has 1 aliphatic heterocycles. The van der Waals surface area contributed by atoms with Crippen LogP contribution in [0.4, 0.5) is 0 Å². The van der Waals surface area contributed by atoms with Gasteiger partial charge in [0.05, 0.1) is 10.5 Å². The number of rotatable bonds is 5. The van der Waals surface area contributed by atoms with Crippen LogP contribution in [0.5, 0.6) is 0 Å². The molecular formula is C14H22N2O4S. The van der Waals surface area contributed by atoms with Gasteiger partial charge in [0.25, 0.3) is 0 Å². The summed E-state index contributed by atoms with van der Waals surface area (Å²) in [5.41, 5.74) is 5.28. The van der Waals surface area contributed by atoms with Crippen molar-refractivity contribution in [3.63, 3.8) is 0 Å². The monoisotopic (exact) mass is 314 g/mol. The molecule has 0 atom stereocenters. The van der Waals surface area contributed by atoms with Crippen molar-refractivity contribution in [1.29, 1.82) is 0 Å². The molecule has 0 aromatic heterocycles. The van der Waals surface area contributed by atoms with Crippen molar-refractivity contribution in [2.24, 2.45) is 5.73 Å². The fourth-order valence-corrected chi connectivity index (χ4v) is 3.74. The number of aliphatic hydroxyl groups is 1. The Kier molecular flexibility index (Phi) is 5.00. The maximum Gasteiger partial charge on any atom is 0.242 e. The molecule has 1 heterocycles. The van der Waals surface area contributed by atoms with Gasteiger partial charge in [-0.05, 0) is 17.7 Å². The van der Waals surface area contributed by atoms with Crippen molar-refractivity contribution < 1.29 is 18.3 Å². The summed E-state index contributed by atoms with van der Waals surface area (Å²) in [4.78, 5) is 0.198. The number of nitrogens with zero attached hydrogens (tertiary/aromatic N) is 1. The summed E-state index contributed by atoms with van der Waals surface area (Å²) in [6.45, 7) is 1.25. The molecule has 1 fully saturated rings. The molecule has 6 nitrogen and oxygen atoms in total. The summed E-state index contributed by atoms with van der Waals surface area (Å²) in [5.74, 6) is 0. The zero-order chi connectivity index (χ0) is 15.5. The zero-order valence-corrected chi connectivity index (χ0v) is 13.0. The molecule has 3 N–H and O–H groups in total. The maximum absolute atomic E-state index is 12.6. The lowest BCUT2D eigenvalue weighted by Crippen LogP contribution is -2.47. The molecule has 1 aromatic carbocycles. The van der Waals surface area contributed by atoms with E-state index in [-0.39, 0.29) is 18.0 Å². The Hall–Kier alpha value is -0.990. The average Bonchev–Trinajstić information content (AvgIpc) is 2.47. The Morgan fingerprint density at radius 1 is 1.38 bits per heavy atom. The molecule has 0 bridgehead atoms. The van der Waals surface area contributed by atoms with Crippen LogP contribution in [-0.2, 0) is 21.3 Å². The van der Waals surface area contributed by atoms with Gasteiger partial charge in [-0.3, -0.25) is 0 Å². The third kappa shape index (κ3) is 3.81. The highest BCUT2D eigenvalue weighted by molar-refractivity contribution is 7.89. The Balaban J connectivity index is 2.18. The second-order valence-electron chi connectivity index (χ2n) is 5.45. The number of sulfonamides is 1. The Labute approximate surface area is 125 Å². The van der Waals surface area contributed by atoms with E-state index < -0.39 is 15.6 Å². The van der Waals surface area contributed by atoms with Gasteiger partial charge in [-0.25, -0.2) is 8.42 Å². The lowest BCUT2D eigenvalue weighted by Gasteiger charge is -2.35. The molecule has 0 amide bonds. The number of hydrogen-bond acceptors (Lipinski definition) is 5. The van der Waals surface area contributed by atoms with Gasteiger partial charge in [0.1, 0.15) is 0 Å². The second-order valence-corrected chi connectivity index (χ2v) is 7.49. The minimum absolute atomic E-state index is 0.0611. The first-order valence-electron chi connectivity index (χ1n) is 6.93. The van der Waals surface area contributed by atoms with E-state index in [0.717, 1.165) is 5.56 Å². The van der Waals surface area contributed by atoms with Crippen LogP contribution in [0.3, 0.4) is 0 Å². The number of likely N-dealkylation sites (N-methyl/N-ethyl adjacent to an activating group) is 1. The fraction of sp³-hybridized carbons (Fsp3) is 0.571. The maximum atomic E-state index is 12.6. The highest BCUT2D eigenvalue weighted by Gasteiger charge is 2.34. The van der Waals surface area contributed by atoms with Gasteiger partial charge in [0.2, 0.25) is 10.0 Å². The first kappa shape index (κ1) is 16.4. The normalized spacial score (nSPS) is 18.9. The predicted octanol–water partition coefficient (Wildman–Crippen LogP) is 0.307. The molecule has 21 heavy (non-hydrogen) atoms. The Morgan fingerprint density at radius 2 is 2.05 bits per heavy atom. The van der Waals surface area contributed by atoms with E-state index in [1.807, 2.05) is 0 Å². The molecule has 118 valence electrons. The summed E-state index contributed by atoms with van der Waals surface area (Å²) >= 11 is 0. The quantitative estimate of drug-likeness (QED) is 0.816. The zero-order valence-electron chi connectivity index (χ0n) is 12.2.